The Kier molecular flexibility index (Phi) is 14.6. The smallest absolute Gasteiger partial charge is 0.243 e. The van der Waals surface area contributed by atoms with Gasteiger partial charge in [-0.25, -0.2) is 0 Å². The van der Waals surface area contributed by atoms with Gasteiger partial charge in [0, 0.05) is 6.42 Å². The Bertz CT molecular complexity index is 638. The molecule has 0 aliphatic carbocycles. The molecule has 0 aromatic heterocycles. The van der Waals surface area contributed by atoms with Crippen molar-refractivity contribution in [3.63, 3.8) is 0 Å². The molecule has 9 nitrogen and oxygen atoms in total. The zero-order valence-electron chi connectivity index (χ0n) is 21.7. The van der Waals surface area contributed by atoms with Gasteiger partial charge in [-0.3, -0.25) is 19.2 Å². The zero-order valence-corrected chi connectivity index (χ0v) is 21.7. The third kappa shape index (κ3) is 12.6. The molecule has 0 aliphatic rings. The van der Waals surface area contributed by atoms with E-state index in [4.69, 9.17) is 0 Å². The average Bonchev–Trinajstić information content (AvgIpc) is 2.74. The molecule has 33 heavy (non-hydrogen) atoms. The van der Waals surface area contributed by atoms with Gasteiger partial charge in [-0.15, -0.1) is 0 Å². The van der Waals surface area contributed by atoms with Crippen LogP contribution in [0, 0.1) is 17.8 Å². The standard InChI is InChI=1S/C24H46N4O5/c1-9-15(5)12-20(30)25-13-21(31)28-22(16(6)10-2)24(33)27-19(11-14(3)4)23(32)26-17(7)18(8)29/h14-19,22,29H,9-13H2,1-8H3,(H,25,30)(H,26,32)(H,27,33)(H,28,31). The van der Waals surface area contributed by atoms with Crippen LogP contribution in [-0.2, 0) is 19.2 Å². The molecule has 6 atom stereocenters. The van der Waals surface area contributed by atoms with Crippen molar-refractivity contribution < 1.29 is 24.3 Å². The SMILES string of the molecule is CCC(C)CC(=O)NCC(=O)NC(C(=O)NC(CC(C)C)C(=O)NC(C)C(C)O)C(C)CC. The minimum Gasteiger partial charge on any atom is -0.391 e. The van der Waals surface area contributed by atoms with Crippen LogP contribution >= 0.6 is 0 Å². The first-order valence-corrected chi connectivity index (χ1v) is 12.2. The van der Waals surface area contributed by atoms with Gasteiger partial charge in [-0.05, 0) is 38.0 Å². The van der Waals surface area contributed by atoms with E-state index in [2.05, 4.69) is 21.3 Å². The molecule has 0 spiro atoms. The van der Waals surface area contributed by atoms with Gasteiger partial charge >= 0.3 is 0 Å². The summed E-state index contributed by atoms with van der Waals surface area (Å²) in [6, 6.07) is -2.10. The van der Waals surface area contributed by atoms with Crippen molar-refractivity contribution in [1.29, 1.82) is 0 Å². The van der Waals surface area contributed by atoms with E-state index in [1.807, 2.05) is 41.5 Å². The number of hydrogen-bond donors (Lipinski definition) is 5. The molecule has 0 bridgehead atoms. The molecule has 0 aliphatic heterocycles. The van der Waals surface area contributed by atoms with E-state index in [9.17, 15) is 24.3 Å². The largest absolute Gasteiger partial charge is 0.391 e. The topological polar surface area (TPSA) is 137 Å². The lowest BCUT2D eigenvalue weighted by Gasteiger charge is -2.28. The number of aliphatic hydroxyl groups excluding tert-OH is 1. The van der Waals surface area contributed by atoms with Gasteiger partial charge in [0.15, 0.2) is 0 Å². The molecule has 0 aromatic carbocycles. The summed E-state index contributed by atoms with van der Waals surface area (Å²) in [4.78, 5) is 50.2. The molecular weight excluding hydrogens is 424 g/mol. The van der Waals surface area contributed by atoms with Crippen molar-refractivity contribution >= 4 is 23.6 Å². The molecule has 0 fully saturated rings. The number of carbonyl (C=O) groups is 4. The third-order valence-corrected chi connectivity index (χ3v) is 5.92. The van der Waals surface area contributed by atoms with E-state index in [1.54, 1.807) is 13.8 Å². The van der Waals surface area contributed by atoms with Crippen LogP contribution in [0.1, 0.15) is 81.1 Å². The Balaban J connectivity index is 5.20. The van der Waals surface area contributed by atoms with E-state index < -0.39 is 36.0 Å². The van der Waals surface area contributed by atoms with Crippen molar-refractivity contribution in [2.75, 3.05) is 6.54 Å². The van der Waals surface area contributed by atoms with Gasteiger partial charge in [0.05, 0.1) is 18.7 Å². The van der Waals surface area contributed by atoms with Gasteiger partial charge in [-0.2, -0.15) is 0 Å². The fourth-order valence-corrected chi connectivity index (χ4v) is 3.05. The monoisotopic (exact) mass is 470 g/mol. The first-order chi connectivity index (χ1) is 15.3. The molecule has 192 valence electrons. The lowest BCUT2D eigenvalue weighted by Crippen LogP contribution is -2.58. The normalized spacial score (nSPS) is 16.7. The number of hydrogen-bond acceptors (Lipinski definition) is 5. The fraction of sp³-hybridized carbons (Fsp3) is 0.833. The van der Waals surface area contributed by atoms with Crippen LogP contribution in [0.15, 0.2) is 0 Å². The average molecular weight is 471 g/mol. The van der Waals surface area contributed by atoms with Gasteiger partial charge in [0.1, 0.15) is 12.1 Å². The molecule has 0 radical (unpaired) electrons. The number of amides is 4. The molecule has 6 unspecified atom stereocenters. The van der Waals surface area contributed by atoms with Gasteiger partial charge in [0.25, 0.3) is 0 Å². The van der Waals surface area contributed by atoms with Crippen LogP contribution < -0.4 is 21.3 Å². The van der Waals surface area contributed by atoms with Crippen LogP contribution in [0.4, 0.5) is 0 Å². The van der Waals surface area contributed by atoms with E-state index in [0.717, 1.165) is 6.42 Å². The Hall–Kier alpha value is -2.16. The molecule has 0 aromatic rings. The summed E-state index contributed by atoms with van der Waals surface area (Å²) in [6.07, 6.45) is 1.54. The Morgan fingerprint density at radius 3 is 1.88 bits per heavy atom. The van der Waals surface area contributed by atoms with Crippen molar-refractivity contribution in [2.45, 2.75) is 105 Å². The highest BCUT2D eigenvalue weighted by molar-refractivity contribution is 5.93. The zero-order chi connectivity index (χ0) is 25.7. The number of carbonyl (C=O) groups excluding carboxylic acids is 4. The van der Waals surface area contributed by atoms with E-state index in [0.29, 0.717) is 19.3 Å². The van der Waals surface area contributed by atoms with E-state index in [1.165, 1.54) is 0 Å². The predicted octanol–water partition coefficient (Wildman–Crippen LogP) is 1.49. The summed E-state index contributed by atoms with van der Waals surface area (Å²) in [5.41, 5.74) is 0. The maximum Gasteiger partial charge on any atom is 0.243 e. The molecule has 4 amide bonds. The van der Waals surface area contributed by atoms with E-state index in [-0.39, 0.29) is 36.1 Å². The van der Waals surface area contributed by atoms with Crippen LogP contribution in [0.25, 0.3) is 0 Å². The number of rotatable bonds is 15. The summed E-state index contributed by atoms with van der Waals surface area (Å²) >= 11 is 0. The Labute approximate surface area is 199 Å². The van der Waals surface area contributed by atoms with E-state index >= 15 is 0 Å². The highest BCUT2D eigenvalue weighted by Gasteiger charge is 2.31. The molecule has 0 saturated carbocycles. The van der Waals surface area contributed by atoms with Crippen LogP contribution in [-0.4, -0.2) is 59.5 Å². The lowest BCUT2D eigenvalue weighted by molar-refractivity contribution is -0.134. The van der Waals surface area contributed by atoms with Crippen LogP contribution in [0.5, 0.6) is 0 Å². The summed E-state index contributed by atoms with van der Waals surface area (Å²) in [7, 11) is 0. The highest BCUT2D eigenvalue weighted by Crippen LogP contribution is 2.11. The van der Waals surface area contributed by atoms with Crippen LogP contribution in [0.3, 0.4) is 0 Å². The second kappa shape index (κ2) is 15.6. The summed E-state index contributed by atoms with van der Waals surface area (Å²) < 4.78 is 0. The molecular formula is C24H46N4O5. The molecule has 0 saturated heterocycles. The third-order valence-electron chi connectivity index (χ3n) is 5.92. The minimum absolute atomic E-state index is 0.139. The van der Waals surface area contributed by atoms with Crippen LogP contribution in [0.2, 0.25) is 0 Å². The minimum atomic E-state index is -0.842. The second-order valence-electron chi connectivity index (χ2n) is 9.65. The summed E-state index contributed by atoms with van der Waals surface area (Å²) in [5.74, 6) is -1.30. The maximum absolute atomic E-state index is 13.1. The maximum atomic E-state index is 13.1. The first-order valence-electron chi connectivity index (χ1n) is 12.2. The van der Waals surface area contributed by atoms with Gasteiger partial charge in [-0.1, -0.05) is 54.4 Å². The Morgan fingerprint density at radius 1 is 0.788 bits per heavy atom. The van der Waals surface area contributed by atoms with Gasteiger partial charge < -0.3 is 26.4 Å². The second-order valence-corrected chi connectivity index (χ2v) is 9.65. The molecule has 0 heterocycles. The quantitative estimate of drug-likeness (QED) is 0.247. The predicted molar refractivity (Wildman–Crippen MR) is 129 cm³/mol. The molecule has 9 heteroatoms. The number of nitrogens with one attached hydrogen (secondary N) is 4. The highest BCUT2D eigenvalue weighted by atomic mass is 16.3. The lowest BCUT2D eigenvalue weighted by atomic mass is 9.96. The number of aliphatic hydroxyl groups is 1. The molecule has 5 N–H and O–H groups in total. The molecule has 0 rings (SSSR count). The first kappa shape index (κ1) is 30.8. The van der Waals surface area contributed by atoms with Crippen molar-refractivity contribution in [2.24, 2.45) is 17.8 Å². The van der Waals surface area contributed by atoms with Gasteiger partial charge in [0.2, 0.25) is 23.6 Å². The van der Waals surface area contributed by atoms with Crippen molar-refractivity contribution in [3.8, 4) is 0 Å². The van der Waals surface area contributed by atoms with Crippen molar-refractivity contribution in [3.05, 3.63) is 0 Å². The summed E-state index contributed by atoms with van der Waals surface area (Å²) in [5, 5.41) is 20.5. The van der Waals surface area contributed by atoms with Crippen molar-refractivity contribution in [1.82, 2.24) is 21.3 Å². The Morgan fingerprint density at radius 2 is 1.39 bits per heavy atom. The summed E-state index contributed by atoms with van der Waals surface area (Å²) in [6.45, 7) is 14.7. The fourth-order valence-electron chi connectivity index (χ4n) is 3.05.